The van der Waals surface area contributed by atoms with E-state index in [9.17, 15) is 4.79 Å². The predicted octanol–water partition coefficient (Wildman–Crippen LogP) is 6.85. The van der Waals surface area contributed by atoms with Crippen LogP contribution < -0.4 is 5.32 Å². The summed E-state index contributed by atoms with van der Waals surface area (Å²) in [5, 5.41) is 3.29. The molecular weight excluding hydrogens is 481 g/mol. The zero-order valence-electron chi connectivity index (χ0n) is 18.7. The Morgan fingerprint density at radius 2 is 1.87 bits per heavy atom. The summed E-state index contributed by atoms with van der Waals surface area (Å²) in [5.41, 5.74) is 5.70. The molecule has 3 heteroatoms. The van der Waals surface area contributed by atoms with Gasteiger partial charge < -0.3 is 5.32 Å². The van der Waals surface area contributed by atoms with Gasteiger partial charge in [-0.25, -0.2) is 0 Å². The summed E-state index contributed by atoms with van der Waals surface area (Å²) in [4.78, 5) is 12.8. The van der Waals surface area contributed by atoms with E-state index in [0.29, 0.717) is 11.8 Å². The lowest BCUT2D eigenvalue weighted by molar-refractivity contribution is 0.0254. The smallest absolute Gasteiger partial charge is 0.251 e. The Hall–Kier alpha value is -1.36. The van der Waals surface area contributed by atoms with E-state index in [2.05, 4.69) is 73.8 Å². The first-order valence-corrected chi connectivity index (χ1v) is 12.5. The van der Waals surface area contributed by atoms with Gasteiger partial charge in [0.25, 0.3) is 5.91 Å². The standard InChI is InChI=1S/C27H34INO/c1-18(2)20-8-12-23-21(16-20)9-13-24-26(3,14-5-15-27(23,24)4)17-29-25(30)19-6-10-22(28)11-7-19/h6-8,10-12,16,18,24H,5,9,13-15,17H2,1-4H3,(H,29,30)/t24-,26-,27+/m0/s1. The average Bonchev–Trinajstić information content (AvgIpc) is 2.72. The van der Waals surface area contributed by atoms with Crippen molar-refractivity contribution in [2.75, 3.05) is 6.54 Å². The van der Waals surface area contributed by atoms with Crippen LogP contribution in [-0.4, -0.2) is 12.5 Å². The minimum absolute atomic E-state index is 0.0534. The highest BCUT2D eigenvalue weighted by Gasteiger charge is 2.51. The van der Waals surface area contributed by atoms with E-state index >= 15 is 0 Å². The van der Waals surface area contributed by atoms with Gasteiger partial charge in [-0.2, -0.15) is 0 Å². The zero-order valence-corrected chi connectivity index (χ0v) is 20.9. The molecule has 0 radical (unpaired) electrons. The molecule has 3 atom stereocenters. The van der Waals surface area contributed by atoms with Crippen LogP contribution in [0.4, 0.5) is 0 Å². The summed E-state index contributed by atoms with van der Waals surface area (Å²) >= 11 is 2.27. The van der Waals surface area contributed by atoms with Crippen LogP contribution in [0.2, 0.25) is 0 Å². The summed E-state index contributed by atoms with van der Waals surface area (Å²) < 4.78 is 1.15. The molecule has 0 aromatic heterocycles. The second-order valence-corrected chi connectivity index (χ2v) is 11.5. The molecule has 1 fully saturated rings. The van der Waals surface area contributed by atoms with Gasteiger partial charge in [-0.15, -0.1) is 0 Å². The fraction of sp³-hybridized carbons (Fsp3) is 0.519. The van der Waals surface area contributed by atoms with Crippen molar-refractivity contribution in [1.82, 2.24) is 5.32 Å². The topological polar surface area (TPSA) is 29.1 Å². The number of carbonyl (C=O) groups excluding carboxylic acids is 1. The van der Waals surface area contributed by atoms with Crippen molar-refractivity contribution in [2.24, 2.45) is 11.3 Å². The summed E-state index contributed by atoms with van der Waals surface area (Å²) in [6.45, 7) is 10.2. The van der Waals surface area contributed by atoms with Gasteiger partial charge in [0.2, 0.25) is 0 Å². The maximum atomic E-state index is 12.8. The lowest BCUT2D eigenvalue weighted by atomic mass is 9.49. The van der Waals surface area contributed by atoms with E-state index in [1.165, 1.54) is 31.2 Å². The Bertz CT molecular complexity index is 934. The molecule has 30 heavy (non-hydrogen) atoms. The van der Waals surface area contributed by atoms with Crippen LogP contribution in [0.3, 0.4) is 0 Å². The van der Waals surface area contributed by atoms with Crippen LogP contribution in [0.15, 0.2) is 42.5 Å². The van der Waals surface area contributed by atoms with Crippen LogP contribution in [0, 0.1) is 14.9 Å². The summed E-state index contributed by atoms with van der Waals surface area (Å²) in [5.74, 6) is 1.24. The molecule has 0 saturated heterocycles. The van der Waals surface area contributed by atoms with Gasteiger partial charge in [0, 0.05) is 15.7 Å². The van der Waals surface area contributed by atoms with Gasteiger partial charge in [-0.1, -0.05) is 52.3 Å². The second kappa shape index (κ2) is 8.29. The molecule has 0 bridgehead atoms. The third kappa shape index (κ3) is 3.94. The molecule has 2 aromatic rings. The summed E-state index contributed by atoms with van der Waals surface area (Å²) in [7, 11) is 0. The summed E-state index contributed by atoms with van der Waals surface area (Å²) in [6.07, 6.45) is 6.07. The molecule has 0 unspecified atom stereocenters. The fourth-order valence-electron chi connectivity index (χ4n) is 6.20. The number of halogens is 1. The maximum Gasteiger partial charge on any atom is 0.251 e. The number of rotatable bonds is 4. The molecule has 0 heterocycles. The molecule has 1 N–H and O–H groups in total. The number of nitrogens with one attached hydrogen (secondary N) is 1. The molecule has 1 amide bonds. The second-order valence-electron chi connectivity index (χ2n) is 10.3. The lowest BCUT2D eigenvalue weighted by Gasteiger charge is -2.55. The molecule has 1 saturated carbocycles. The fourth-order valence-corrected chi connectivity index (χ4v) is 6.56. The van der Waals surface area contributed by atoms with E-state index in [1.54, 1.807) is 11.1 Å². The summed E-state index contributed by atoms with van der Waals surface area (Å²) in [6, 6.07) is 15.1. The zero-order chi connectivity index (χ0) is 21.5. The molecule has 2 nitrogen and oxygen atoms in total. The molecule has 2 aliphatic rings. The van der Waals surface area contributed by atoms with E-state index in [0.717, 1.165) is 22.1 Å². The molecule has 2 aromatic carbocycles. The SMILES string of the molecule is CC(C)c1ccc2c(c1)CC[C@H]1[C@](C)(CNC(=O)c3ccc(I)cc3)CCC[C@]21C. The van der Waals surface area contributed by atoms with Crippen molar-refractivity contribution >= 4 is 28.5 Å². The average molecular weight is 515 g/mol. The van der Waals surface area contributed by atoms with Gasteiger partial charge in [0.15, 0.2) is 0 Å². The monoisotopic (exact) mass is 515 g/mol. The van der Waals surface area contributed by atoms with Gasteiger partial charge in [-0.3, -0.25) is 4.79 Å². The van der Waals surface area contributed by atoms with Crippen LogP contribution >= 0.6 is 22.6 Å². The van der Waals surface area contributed by atoms with Crippen LogP contribution in [0.5, 0.6) is 0 Å². The Labute approximate surface area is 195 Å². The number of hydrogen-bond acceptors (Lipinski definition) is 1. The molecule has 4 rings (SSSR count). The Kier molecular flexibility index (Phi) is 6.04. The van der Waals surface area contributed by atoms with Crippen molar-refractivity contribution in [1.29, 1.82) is 0 Å². The molecule has 2 aliphatic carbocycles. The third-order valence-electron chi connectivity index (χ3n) is 7.93. The predicted molar refractivity (Wildman–Crippen MR) is 133 cm³/mol. The van der Waals surface area contributed by atoms with E-state index in [4.69, 9.17) is 0 Å². The lowest BCUT2D eigenvalue weighted by Crippen LogP contribution is -2.53. The van der Waals surface area contributed by atoms with Crippen LogP contribution in [0.1, 0.15) is 86.3 Å². The Balaban J connectivity index is 1.55. The van der Waals surface area contributed by atoms with Gasteiger partial charge >= 0.3 is 0 Å². The highest BCUT2D eigenvalue weighted by Crippen LogP contribution is 2.57. The molecular formula is C27H34INO. The van der Waals surface area contributed by atoms with Gasteiger partial charge in [0.1, 0.15) is 0 Å². The Morgan fingerprint density at radius 3 is 2.57 bits per heavy atom. The minimum atomic E-state index is 0.0534. The highest BCUT2D eigenvalue weighted by atomic mass is 127. The molecule has 160 valence electrons. The first-order valence-electron chi connectivity index (χ1n) is 11.4. The van der Waals surface area contributed by atoms with E-state index < -0.39 is 0 Å². The normalized spacial score (nSPS) is 28.0. The highest BCUT2D eigenvalue weighted by molar-refractivity contribution is 14.1. The van der Waals surface area contributed by atoms with Crippen molar-refractivity contribution in [3.63, 3.8) is 0 Å². The largest absolute Gasteiger partial charge is 0.351 e. The maximum absolute atomic E-state index is 12.8. The number of amides is 1. The van der Waals surface area contributed by atoms with Crippen molar-refractivity contribution in [3.8, 4) is 0 Å². The number of benzene rings is 2. The van der Waals surface area contributed by atoms with E-state index in [-0.39, 0.29) is 16.7 Å². The Morgan fingerprint density at radius 1 is 1.13 bits per heavy atom. The number of carbonyl (C=O) groups is 1. The minimum Gasteiger partial charge on any atom is -0.351 e. The van der Waals surface area contributed by atoms with Gasteiger partial charge in [0.05, 0.1) is 0 Å². The van der Waals surface area contributed by atoms with Gasteiger partial charge in [-0.05, 0) is 112 Å². The van der Waals surface area contributed by atoms with Crippen LogP contribution in [-0.2, 0) is 11.8 Å². The molecule has 0 aliphatic heterocycles. The first-order chi connectivity index (χ1) is 14.2. The van der Waals surface area contributed by atoms with Crippen molar-refractivity contribution in [2.45, 2.75) is 71.1 Å². The van der Waals surface area contributed by atoms with Crippen molar-refractivity contribution < 1.29 is 4.79 Å². The van der Waals surface area contributed by atoms with E-state index in [1.807, 2.05) is 24.3 Å². The first kappa shape index (κ1) is 21.9. The third-order valence-corrected chi connectivity index (χ3v) is 8.65. The number of aryl methyl sites for hydroxylation is 1. The van der Waals surface area contributed by atoms with Crippen molar-refractivity contribution in [3.05, 3.63) is 68.3 Å². The molecule has 0 spiro atoms. The quantitative estimate of drug-likeness (QED) is 0.443. The number of hydrogen-bond donors (Lipinski definition) is 1. The number of fused-ring (bicyclic) bond motifs is 3. The van der Waals surface area contributed by atoms with Crippen LogP contribution in [0.25, 0.3) is 0 Å².